The minimum atomic E-state index is 0.255. The van der Waals surface area contributed by atoms with E-state index in [-0.39, 0.29) is 5.91 Å². The predicted octanol–water partition coefficient (Wildman–Crippen LogP) is 0.861. The van der Waals surface area contributed by atoms with Crippen LogP contribution in [0.1, 0.15) is 25.7 Å². The SMILES string of the molecule is NCCC1CCCN(C(=O)CCn2ccnc2)C1. The monoisotopic (exact) mass is 250 g/mol. The summed E-state index contributed by atoms with van der Waals surface area (Å²) in [5.74, 6) is 0.853. The van der Waals surface area contributed by atoms with E-state index in [0.717, 1.165) is 39.0 Å². The van der Waals surface area contributed by atoms with Gasteiger partial charge in [0.05, 0.1) is 6.33 Å². The van der Waals surface area contributed by atoms with Gasteiger partial charge in [0.25, 0.3) is 0 Å². The molecule has 1 aliphatic rings. The Kier molecular flexibility index (Phi) is 4.75. The van der Waals surface area contributed by atoms with Crippen molar-refractivity contribution in [1.82, 2.24) is 14.5 Å². The summed E-state index contributed by atoms with van der Waals surface area (Å²) in [6.07, 6.45) is 9.30. The number of carbonyl (C=O) groups excluding carboxylic acids is 1. The number of imidazole rings is 1. The Labute approximate surface area is 108 Å². The number of nitrogens with two attached hydrogens (primary N) is 1. The van der Waals surface area contributed by atoms with Crippen molar-refractivity contribution >= 4 is 5.91 Å². The van der Waals surface area contributed by atoms with Crippen LogP contribution in [0.25, 0.3) is 0 Å². The average Bonchev–Trinajstić information content (AvgIpc) is 2.90. The molecule has 1 amide bonds. The van der Waals surface area contributed by atoms with Gasteiger partial charge in [-0.2, -0.15) is 0 Å². The van der Waals surface area contributed by atoms with Gasteiger partial charge in [0, 0.05) is 38.4 Å². The van der Waals surface area contributed by atoms with E-state index in [2.05, 4.69) is 4.98 Å². The second-order valence-electron chi connectivity index (χ2n) is 4.98. The summed E-state index contributed by atoms with van der Waals surface area (Å²) in [7, 11) is 0. The second kappa shape index (κ2) is 6.54. The van der Waals surface area contributed by atoms with Crippen molar-refractivity contribution in [2.75, 3.05) is 19.6 Å². The fourth-order valence-corrected chi connectivity index (χ4v) is 2.56. The molecule has 1 atom stereocenters. The van der Waals surface area contributed by atoms with Crippen molar-refractivity contribution in [1.29, 1.82) is 0 Å². The van der Waals surface area contributed by atoms with Crippen LogP contribution in [0.4, 0.5) is 0 Å². The fourth-order valence-electron chi connectivity index (χ4n) is 2.56. The van der Waals surface area contributed by atoms with Gasteiger partial charge in [0.1, 0.15) is 0 Å². The van der Waals surface area contributed by atoms with Crippen molar-refractivity contribution in [3.05, 3.63) is 18.7 Å². The molecule has 0 saturated carbocycles. The molecule has 0 aliphatic carbocycles. The number of amides is 1. The minimum Gasteiger partial charge on any atom is -0.342 e. The third-order valence-corrected chi connectivity index (χ3v) is 3.59. The number of likely N-dealkylation sites (tertiary alicyclic amines) is 1. The topological polar surface area (TPSA) is 64.2 Å². The lowest BCUT2D eigenvalue weighted by Gasteiger charge is -2.32. The van der Waals surface area contributed by atoms with Crippen molar-refractivity contribution in [2.45, 2.75) is 32.2 Å². The average molecular weight is 250 g/mol. The van der Waals surface area contributed by atoms with Crippen molar-refractivity contribution in [2.24, 2.45) is 11.7 Å². The molecule has 0 radical (unpaired) electrons. The van der Waals surface area contributed by atoms with Crippen molar-refractivity contribution < 1.29 is 4.79 Å². The first-order valence-corrected chi connectivity index (χ1v) is 6.73. The smallest absolute Gasteiger partial charge is 0.224 e. The molecule has 1 aromatic heterocycles. The number of piperidine rings is 1. The zero-order valence-corrected chi connectivity index (χ0v) is 10.8. The Morgan fingerprint density at radius 3 is 3.11 bits per heavy atom. The van der Waals surface area contributed by atoms with Gasteiger partial charge in [0.2, 0.25) is 5.91 Å². The van der Waals surface area contributed by atoms with Gasteiger partial charge in [-0.1, -0.05) is 0 Å². The van der Waals surface area contributed by atoms with E-state index in [1.807, 2.05) is 15.7 Å². The molecule has 5 heteroatoms. The molecule has 5 nitrogen and oxygen atoms in total. The number of hydrogen-bond donors (Lipinski definition) is 1. The van der Waals surface area contributed by atoms with Gasteiger partial charge >= 0.3 is 0 Å². The third-order valence-electron chi connectivity index (χ3n) is 3.59. The Morgan fingerprint density at radius 2 is 2.39 bits per heavy atom. The maximum atomic E-state index is 12.1. The molecule has 2 N–H and O–H groups in total. The number of carbonyl (C=O) groups is 1. The molecule has 0 aromatic carbocycles. The van der Waals surface area contributed by atoms with E-state index < -0.39 is 0 Å². The van der Waals surface area contributed by atoms with Crippen LogP contribution in [-0.4, -0.2) is 40.0 Å². The normalized spacial score (nSPS) is 20.1. The predicted molar refractivity (Wildman–Crippen MR) is 69.8 cm³/mol. The summed E-state index contributed by atoms with van der Waals surface area (Å²) in [5.41, 5.74) is 5.59. The van der Waals surface area contributed by atoms with Crippen LogP contribution in [0, 0.1) is 5.92 Å². The molecule has 1 saturated heterocycles. The lowest BCUT2D eigenvalue weighted by molar-refractivity contribution is -0.133. The molecule has 1 aliphatic heterocycles. The molecular formula is C13H22N4O. The molecule has 100 valence electrons. The number of nitrogens with zero attached hydrogens (tertiary/aromatic N) is 3. The Hall–Kier alpha value is -1.36. The van der Waals surface area contributed by atoms with Crippen LogP contribution in [0.2, 0.25) is 0 Å². The van der Waals surface area contributed by atoms with Crippen molar-refractivity contribution in [3.63, 3.8) is 0 Å². The highest BCUT2D eigenvalue weighted by atomic mass is 16.2. The maximum absolute atomic E-state index is 12.1. The number of aromatic nitrogens is 2. The molecule has 2 rings (SSSR count). The zero-order valence-electron chi connectivity index (χ0n) is 10.8. The molecule has 0 spiro atoms. The number of hydrogen-bond acceptors (Lipinski definition) is 3. The summed E-state index contributed by atoms with van der Waals surface area (Å²) in [5, 5.41) is 0. The highest BCUT2D eigenvalue weighted by Crippen LogP contribution is 2.19. The van der Waals surface area contributed by atoms with Crippen LogP contribution in [-0.2, 0) is 11.3 Å². The first-order valence-electron chi connectivity index (χ1n) is 6.73. The summed E-state index contributed by atoms with van der Waals surface area (Å²) in [6, 6.07) is 0. The standard InChI is InChI=1S/C13H22N4O/c14-5-3-12-2-1-7-17(10-12)13(18)4-8-16-9-6-15-11-16/h6,9,11-12H,1-5,7-8,10,14H2. The largest absolute Gasteiger partial charge is 0.342 e. The lowest BCUT2D eigenvalue weighted by Crippen LogP contribution is -2.40. The molecule has 18 heavy (non-hydrogen) atoms. The molecule has 1 unspecified atom stereocenters. The molecular weight excluding hydrogens is 228 g/mol. The van der Waals surface area contributed by atoms with Gasteiger partial charge in [-0.05, 0) is 31.7 Å². The van der Waals surface area contributed by atoms with E-state index in [4.69, 9.17) is 5.73 Å². The number of rotatable bonds is 5. The van der Waals surface area contributed by atoms with E-state index >= 15 is 0 Å². The molecule has 0 bridgehead atoms. The van der Waals surface area contributed by atoms with Crippen LogP contribution in [0.3, 0.4) is 0 Å². The van der Waals surface area contributed by atoms with E-state index in [9.17, 15) is 4.79 Å². The lowest BCUT2D eigenvalue weighted by atomic mass is 9.94. The van der Waals surface area contributed by atoms with Crippen LogP contribution in [0.15, 0.2) is 18.7 Å². The number of aryl methyl sites for hydroxylation is 1. The summed E-state index contributed by atoms with van der Waals surface area (Å²) in [4.78, 5) is 18.1. The molecule has 1 fully saturated rings. The van der Waals surface area contributed by atoms with E-state index in [1.165, 1.54) is 6.42 Å². The Bertz CT molecular complexity index is 361. The zero-order chi connectivity index (χ0) is 12.8. The minimum absolute atomic E-state index is 0.255. The van der Waals surface area contributed by atoms with Crippen LogP contribution < -0.4 is 5.73 Å². The van der Waals surface area contributed by atoms with Gasteiger partial charge in [-0.3, -0.25) is 4.79 Å². The third kappa shape index (κ3) is 3.57. The summed E-state index contributed by atoms with van der Waals surface area (Å²) in [6.45, 7) is 3.24. The first kappa shape index (κ1) is 13.1. The van der Waals surface area contributed by atoms with Gasteiger partial charge in [-0.15, -0.1) is 0 Å². The molecule has 2 heterocycles. The second-order valence-corrected chi connectivity index (χ2v) is 4.98. The van der Waals surface area contributed by atoms with E-state index in [0.29, 0.717) is 12.3 Å². The van der Waals surface area contributed by atoms with Gasteiger partial charge < -0.3 is 15.2 Å². The molecule has 1 aromatic rings. The summed E-state index contributed by atoms with van der Waals surface area (Å²) < 4.78 is 1.94. The first-order chi connectivity index (χ1) is 8.79. The van der Waals surface area contributed by atoms with Crippen LogP contribution >= 0.6 is 0 Å². The maximum Gasteiger partial charge on any atom is 0.224 e. The van der Waals surface area contributed by atoms with Crippen molar-refractivity contribution in [3.8, 4) is 0 Å². The van der Waals surface area contributed by atoms with Gasteiger partial charge in [0.15, 0.2) is 0 Å². The van der Waals surface area contributed by atoms with Crippen LogP contribution in [0.5, 0.6) is 0 Å². The fraction of sp³-hybridized carbons (Fsp3) is 0.692. The Morgan fingerprint density at radius 1 is 1.50 bits per heavy atom. The quantitative estimate of drug-likeness (QED) is 0.843. The highest BCUT2D eigenvalue weighted by molar-refractivity contribution is 5.76. The van der Waals surface area contributed by atoms with Gasteiger partial charge in [-0.25, -0.2) is 4.98 Å². The Balaban J connectivity index is 1.77. The highest BCUT2D eigenvalue weighted by Gasteiger charge is 2.22. The van der Waals surface area contributed by atoms with E-state index in [1.54, 1.807) is 12.5 Å². The summed E-state index contributed by atoms with van der Waals surface area (Å²) >= 11 is 0.